The molecule has 0 atom stereocenters. The number of nitriles is 1. The number of thioether (sulfide) groups is 1. The summed E-state index contributed by atoms with van der Waals surface area (Å²) in [5, 5.41) is 10.8. The Bertz CT molecular complexity index is 1760. The highest BCUT2D eigenvalue weighted by atomic mass is 32.2. The number of benzene rings is 2. The van der Waals surface area contributed by atoms with Crippen molar-refractivity contribution < 1.29 is 35.1 Å². The Kier molecular flexibility index (Phi) is 7.98. The van der Waals surface area contributed by atoms with E-state index >= 15 is 0 Å². The van der Waals surface area contributed by atoms with Gasteiger partial charge in [-0.25, -0.2) is 8.78 Å². The lowest BCUT2D eigenvalue weighted by atomic mass is 10.0. The number of aromatic nitrogens is 1. The second kappa shape index (κ2) is 11.2. The van der Waals surface area contributed by atoms with Gasteiger partial charge in [-0.3, -0.25) is 4.79 Å². The Morgan fingerprint density at radius 1 is 0.952 bits per heavy atom. The first kappa shape index (κ1) is 29.8. The van der Waals surface area contributed by atoms with Crippen LogP contribution in [0.5, 0.6) is 0 Å². The Balaban J connectivity index is 1.64. The summed E-state index contributed by atoms with van der Waals surface area (Å²) >= 11 is 2.16. The number of rotatable bonds is 7. The molecule has 13 heteroatoms. The molecule has 0 saturated heterocycles. The number of hydrogen-bond acceptors (Lipinski definition) is 4. The molecule has 1 aliphatic rings. The predicted molar refractivity (Wildman–Crippen MR) is 143 cm³/mol. The highest BCUT2D eigenvalue weighted by Crippen LogP contribution is 2.42. The van der Waals surface area contributed by atoms with Crippen LogP contribution in [0.2, 0.25) is 0 Å². The average molecular weight is 627 g/mol. The molecule has 218 valence electrons. The third-order valence-corrected chi connectivity index (χ3v) is 8.82. The first-order valence-electron chi connectivity index (χ1n) is 12.4. The maximum atomic E-state index is 14.5. The van der Waals surface area contributed by atoms with Crippen LogP contribution in [-0.4, -0.2) is 10.3 Å². The maximum Gasteiger partial charge on any atom is 0.417 e. The Morgan fingerprint density at radius 2 is 1.69 bits per heavy atom. The van der Waals surface area contributed by atoms with Crippen molar-refractivity contribution >= 4 is 23.1 Å². The number of pyridine rings is 1. The van der Waals surface area contributed by atoms with Gasteiger partial charge >= 0.3 is 12.4 Å². The SMILES string of the molecule is N#Cc1c(C(F)(F)F)cc(-c2cc(-c3cc(SCC4CC4)cc(C(F)(F)F)c3)cs2)n(Cc2ccc(F)cc2F)c1=O. The van der Waals surface area contributed by atoms with E-state index in [0.29, 0.717) is 28.7 Å². The van der Waals surface area contributed by atoms with Gasteiger partial charge in [0.1, 0.15) is 23.3 Å². The zero-order valence-corrected chi connectivity index (χ0v) is 22.9. The molecule has 5 rings (SSSR count). The summed E-state index contributed by atoms with van der Waals surface area (Å²) in [7, 11) is 0. The van der Waals surface area contributed by atoms with Gasteiger partial charge in [-0.1, -0.05) is 6.07 Å². The molecule has 3 nitrogen and oxygen atoms in total. The third-order valence-electron chi connectivity index (χ3n) is 6.66. The van der Waals surface area contributed by atoms with Gasteiger partial charge < -0.3 is 4.57 Å². The summed E-state index contributed by atoms with van der Waals surface area (Å²) in [6, 6.07) is 9.23. The molecule has 0 bridgehead atoms. The average Bonchev–Trinajstić information content (AvgIpc) is 3.62. The first-order chi connectivity index (χ1) is 19.7. The lowest BCUT2D eigenvalue weighted by Gasteiger charge is -2.17. The van der Waals surface area contributed by atoms with Gasteiger partial charge in [-0.05, 0) is 71.7 Å². The van der Waals surface area contributed by atoms with E-state index in [0.717, 1.165) is 53.0 Å². The van der Waals surface area contributed by atoms with Crippen molar-refractivity contribution in [3.63, 3.8) is 0 Å². The highest BCUT2D eigenvalue weighted by Gasteiger charge is 2.37. The summed E-state index contributed by atoms with van der Waals surface area (Å²) in [6.45, 7) is -0.633. The highest BCUT2D eigenvalue weighted by molar-refractivity contribution is 7.99. The minimum Gasteiger partial charge on any atom is -0.302 e. The molecule has 0 aliphatic heterocycles. The van der Waals surface area contributed by atoms with Crippen LogP contribution in [-0.2, 0) is 18.9 Å². The second-order valence-corrected chi connectivity index (χ2v) is 11.8. The first-order valence-corrected chi connectivity index (χ1v) is 14.2. The van der Waals surface area contributed by atoms with E-state index in [4.69, 9.17) is 0 Å². The largest absolute Gasteiger partial charge is 0.417 e. The van der Waals surface area contributed by atoms with E-state index in [1.807, 2.05) is 0 Å². The molecule has 2 aromatic heterocycles. The monoisotopic (exact) mass is 626 g/mol. The van der Waals surface area contributed by atoms with E-state index < -0.39 is 52.8 Å². The van der Waals surface area contributed by atoms with E-state index in [2.05, 4.69) is 0 Å². The molecule has 1 aliphatic carbocycles. The number of thiophene rings is 1. The second-order valence-electron chi connectivity index (χ2n) is 9.75. The lowest BCUT2D eigenvalue weighted by Crippen LogP contribution is -2.28. The van der Waals surface area contributed by atoms with Crippen molar-refractivity contribution in [2.24, 2.45) is 5.92 Å². The summed E-state index contributed by atoms with van der Waals surface area (Å²) in [4.78, 5) is 13.6. The molecule has 0 radical (unpaired) electrons. The summed E-state index contributed by atoms with van der Waals surface area (Å²) in [6.07, 6.45) is -7.70. The quantitative estimate of drug-likeness (QED) is 0.152. The van der Waals surface area contributed by atoms with Crippen molar-refractivity contribution in [2.75, 3.05) is 5.75 Å². The zero-order chi connectivity index (χ0) is 30.4. The molecule has 4 aromatic rings. The maximum absolute atomic E-state index is 14.5. The minimum atomic E-state index is -5.09. The number of nitrogens with zero attached hydrogens (tertiary/aromatic N) is 2. The Morgan fingerprint density at radius 3 is 2.31 bits per heavy atom. The number of hydrogen-bond donors (Lipinski definition) is 0. The van der Waals surface area contributed by atoms with E-state index in [1.165, 1.54) is 29.3 Å². The predicted octanol–water partition coefficient (Wildman–Crippen LogP) is 8.98. The van der Waals surface area contributed by atoms with E-state index in [9.17, 15) is 45.2 Å². The molecule has 42 heavy (non-hydrogen) atoms. The molecule has 0 spiro atoms. The van der Waals surface area contributed by atoms with Crippen LogP contribution < -0.4 is 5.56 Å². The van der Waals surface area contributed by atoms with E-state index in [1.54, 1.807) is 6.07 Å². The van der Waals surface area contributed by atoms with Crippen molar-refractivity contribution in [1.82, 2.24) is 4.57 Å². The van der Waals surface area contributed by atoms with Crippen LogP contribution >= 0.6 is 23.1 Å². The van der Waals surface area contributed by atoms with Crippen molar-refractivity contribution in [2.45, 2.75) is 36.6 Å². The molecular formula is C29H18F8N2OS2. The summed E-state index contributed by atoms with van der Waals surface area (Å²) < 4.78 is 111. The topological polar surface area (TPSA) is 45.8 Å². The van der Waals surface area contributed by atoms with Gasteiger partial charge in [0.15, 0.2) is 0 Å². The van der Waals surface area contributed by atoms with Gasteiger partial charge in [0.05, 0.1) is 28.2 Å². The van der Waals surface area contributed by atoms with E-state index in [-0.39, 0.29) is 27.3 Å². The van der Waals surface area contributed by atoms with Crippen LogP contribution in [0.15, 0.2) is 63.6 Å². The van der Waals surface area contributed by atoms with Gasteiger partial charge in [0.2, 0.25) is 0 Å². The fourth-order valence-electron chi connectivity index (χ4n) is 4.29. The van der Waals surface area contributed by atoms with Crippen LogP contribution in [0.25, 0.3) is 21.7 Å². The molecular weight excluding hydrogens is 608 g/mol. The third kappa shape index (κ3) is 6.39. The lowest BCUT2D eigenvalue weighted by molar-refractivity contribution is -0.138. The smallest absolute Gasteiger partial charge is 0.302 e. The van der Waals surface area contributed by atoms with Crippen molar-refractivity contribution in [3.05, 3.63) is 98.2 Å². The fraction of sp³-hybridized carbons (Fsp3) is 0.241. The molecule has 0 amide bonds. The summed E-state index contributed by atoms with van der Waals surface area (Å²) in [5.41, 5.74) is -5.06. The molecule has 2 aromatic carbocycles. The van der Waals surface area contributed by atoms with Crippen LogP contribution in [0.1, 0.15) is 35.1 Å². The number of halogens is 8. The summed E-state index contributed by atoms with van der Waals surface area (Å²) in [5.74, 6) is -0.860. The van der Waals surface area contributed by atoms with Gasteiger partial charge in [0.25, 0.3) is 5.56 Å². The van der Waals surface area contributed by atoms with Crippen LogP contribution in [0.4, 0.5) is 35.1 Å². The molecule has 0 unspecified atom stereocenters. The van der Waals surface area contributed by atoms with Crippen molar-refractivity contribution in [3.8, 4) is 27.8 Å². The minimum absolute atomic E-state index is 0.0594. The zero-order valence-electron chi connectivity index (χ0n) is 21.2. The fourth-order valence-corrected chi connectivity index (χ4v) is 6.42. The Labute approximate surface area is 242 Å². The van der Waals surface area contributed by atoms with Crippen molar-refractivity contribution in [1.29, 1.82) is 5.26 Å². The standard InChI is InChI=1S/C29H18F8N2OS2/c30-20-4-3-16(24(31)9-20)12-39-25(10-23(29(35,36)37)22(11-38)27(39)40)26-7-18(14-42-26)17-5-19(28(32,33)34)8-21(6-17)41-13-15-1-2-15/h3-10,14-15H,1-2,12-13H2. The Hall–Kier alpha value is -3.63. The van der Waals surface area contributed by atoms with Gasteiger partial charge in [0, 0.05) is 22.3 Å². The number of alkyl halides is 6. The molecule has 2 heterocycles. The molecule has 0 N–H and O–H groups in total. The van der Waals surface area contributed by atoms with Gasteiger partial charge in [-0.15, -0.1) is 23.1 Å². The van der Waals surface area contributed by atoms with Gasteiger partial charge in [-0.2, -0.15) is 31.6 Å². The normalized spacial score (nSPS) is 13.8. The van der Waals surface area contributed by atoms with Crippen LogP contribution in [0, 0.1) is 28.9 Å². The van der Waals surface area contributed by atoms with Crippen LogP contribution in [0.3, 0.4) is 0 Å². The molecule has 1 saturated carbocycles. The molecule has 1 fully saturated rings.